The lowest BCUT2D eigenvalue weighted by Crippen LogP contribution is -2.54. The van der Waals surface area contributed by atoms with Crippen molar-refractivity contribution in [1.29, 1.82) is 0 Å². The topological polar surface area (TPSA) is 69.5 Å². The van der Waals surface area contributed by atoms with Crippen LogP contribution >= 0.6 is 0 Å². The lowest BCUT2D eigenvalue weighted by Gasteiger charge is -2.41. The first-order chi connectivity index (χ1) is 18.1. The third kappa shape index (κ3) is 4.94. The van der Waals surface area contributed by atoms with E-state index >= 15 is 0 Å². The van der Waals surface area contributed by atoms with E-state index in [0.29, 0.717) is 39.1 Å². The van der Waals surface area contributed by atoms with Crippen LogP contribution in [-0.2, 0) is 40.9 Å². The number of anilines is 1. The molecule has 190 valence electrons. The van der Waals surface area contributed by atoms with Gasteiger partial charge in [-0.05, 0) is 49.1 Å². The van der Waals surface area contributed by atoms with E-state index in [4.69, 9.17) is 9.47 Å². The van der Waals surface area contributed by atoms with Crippen molar-refractivity contribution in [3.8, 4) is 5.75 Å². The summed E-state index contributed by atoms with van der Waals surface area (Å²) in [5, 5.41) is 9.17. The van der Waals surface area contributed by atoms with Gasteiger partial charge in [0.05, 0.1) is 26.0 Å². The van der Waals surface area contributed by atoms with Gasteiger partial charge in [0.25, 0.3) is 0 Å². The number of aromatic nitrogens is 3. The molecule has 1 aromatic heterocycles. The van der Waals surface area contributed by atoms with E-state index in [1.807, 2.05) is 66.2 Å². The highest BCUT2D eigenvalue weighted by Gasteiger charge is 2.51. The first-order valence-corrected chi connectivity index (χ1v) is 12.7. The number of aryl methyl sites for hydroxylation is 2. The molecule has 0 bridgehead atoms. The number of carbonyl (C=O) groups excluding carboxylic acids is 1. The van der Waals surface area contributed by atoms with Crippen LogP contribution in [0.1, 0.15) is 29.4 Å². The molecule has 5 rings (SSSR count). The summed E-state index contributed by atoms with van der Waals surface area (Å²) < 4.78 is 13.2. The van der Waals surface area contributed by atoms with Gasteiger partial charge in [0.2, 0.25) is 0 Å². The highest BCUT2D eigenvalue weighted by atomic mass is 16.5. The van der Waals surface area contributed by atoms with Crippen molar-refractivity contribution in [3.05, 3.63) is 107 Å². The third-order valence-corrected chi connectivity index (χ3v) is 6.98. The van der Waals surface area contributed by atoms with Gasteiger partial charge >= 0.3 is 5.97 Å². The van der Waals surface area contributed by atoms with Gasteiger partial charge in [-0.25, -0.2) is 4.68 Å². The van der Waals surface area contributed by atoms with Crippen LogP contribution in [-0.4, -0.2) is 41.2 Å². The maximum absolute atomic E-state index is 14.0. The Kier molecular flexibility index (Phi) is 7.21. The van der Waals surface area contributed by atoms with Crippen LogP contribution in [0.15, 0.2) is 84.9 Å². The zero-order chi connectivity index (χ0) is 25.7. The molecule has 0 saturated carbocycles. The summed E-state index contributed by atoms with van der Waals surface area (Å²) in [6.07, 6.45) is 1.19. The van der Waals surface area contributed by atoms with Crippen LogP contribution in [0.4, 0.5) is 5.69 Å². The van der Waals surface area contributed by atoms with Crippen LogP contribution in [0.3, 0.4) is 0 Å². The van der Waals surface area contributed by atoms with Gasteiger partial charge in [-0.15, -0.1) is 5.10 Å². The normalized spacial score (nSPS) is 16.8. The van der Waals surface area contributed by atoms with E-state index in [1.54, 1.807) is 7.11 Å². The summed E-state index contributed by atoms with van der Waals surface area (Å²) in [7, 11) is 1.68. The Hall–Kier alpha value is -4.13. The number of carbonyl (C=O) groups is 1. The molecule has 4 aromatic rings. The number of esters is 1. The number of hydrogen-bond donors (Lipinski definition) is 0. The zero-order valence-corrected chi connectivity index (χ0v) is 21.3. The number of nitrogens with zero attached hydrogens (tertiary/aromatic N) is 4. The Labute approximate surface area is 217 Å². The molecule has 2 heterocycles. The predicted octanol–water partition coefficient (Wildman–Crippen LogP) is 4.59. The minimum atomic E-state index is -0.967. The van der Waals surface area contributed by atoms with Crippen LogP contribution in [0, 0.1) is 0 Å². The second kappa shape index (κ2) is 10.9. The Morgan fingerprint density at radius 3 is 2.41 bits per heavy atom. The minimum Gasteiger partial charge on any atom is -0.496 e. The fourth-order valence-corrected chi connectivity index (χ4v) is 5.32. The monoisotopic (exact) mass is 496 g/mol. The predicted molar refractivity (Wildman–Crippen MR) is 143 cm³/mol. The van der Waals surface area contributed by atoms with Crippen LogP contribution in [0.2, 0.25) is 0 Å². The second-order valence-electron chi connectivity index (χ2n) is 9.33. The summed E-state index contributed by atoms with van der Waals surface area (Å²) in [6.45, 7) is 3.77. The number of ether oxygens (including phenoxy) is 2. The molecule has 0 fully saturated rings. The Balaban J connectivity index is 1.60. The molecular weight excluding hydrogens is 464 g/mol. The van der Waals surface area contributed by atoms with Crippen LogP contribution < -0.4 is 9.64 Å². The highest BCUT2D eigenvalue weighted by molar-refractivity contribution is 5.85. The number of hydrogen-bond acceptors (Lipinski definition) is 6. The van der Waals surface area contributed by atoms with E-state index in [1.165, 1.54) is 0 Å². The standard InChI is InChI=1S/C30H32N4O3/c1-3-37-29(35)30(20-23-12-6-4-7-13-23)22-33(25-15-8-5-9-16-25)21-26-28(30)34(32-31-26)19-18-24-14-10-11-17-27(24)36-2/h4-17H,3,18-22H2,1-2H3. The SMILES string of the molecule is CCOC(=O)C1(Cc2ccccc2)CN(c2ccccc2)Cc2nnn(CCc3ccccc3OC)c21. The molecule has 0 amide bonds. The molecule has 1 aliphatic heterocycles. The molecule has 0 N–H and O–H groups in total. The molecule has 1 atom stereocenters. The summed E-state index contributed by atoms with van der Waals surface area (Å²) in [6, 6.07) is 28.3. The highest BCUT2D eigenvalue weighted by Crippen LogP contribution is 2.39. The lowest BCUT2D eigenvalue weighted by molar-refractivity contribution is -0.150. The maximum Gasteiger partial charge on any atom is 0.320 e. The van der Waals surface area contributed by atoms with E-state index in [9.17, 15) is 4.79 Å². The van der Waals surface area contributed by atoms with E-state index < -0.39 is 5.41 Å². The molecular formula is C30H32N4O3. The van der Waals surface area contributed by atoms with E-state index in [0.717, 1.165) is 34.0 Å². The largest absolute Gasteiger partial charge is 0.496 e. The first-order valence-electron chi connectivity index (χ1n) is 12.7. The molecule has 7 heteroatoms. The van der Waals surface area contributed by atoms with Gasteiger partial charge in [0, 0.05) is 18.8 Å². The second-order valence-corrected chi connectivity index (χ2v) is 9.33. The number of benzene rings is 3. The Morgan fingerprint density at radius 1 is 0.973 bits per heavy atom. The van der Waals surface area contributed by atoms with Gasteiger partial charge in [0.1, 0.15) is 16.9 Å². The number of para-hydroxylation sites is 2. The molecule has 7 nitrogen and oxygen atoms in total. The summed E-state index contributed by atoms with van der Waals surface area (Å²) in [5.74, 6) is 0.592. The molecule has 0 saturated heterocycles. The van der Waals surface area contributed by atoms with Crippen molar-refractivity contribution in [3.63, 3.8) is 0 Å². The molecule has 1 aliphatic rings. The van der Waals surface area contributed by atoms with E-state index in [2.05, 4.69) is 45.5 Å². The molecule has 0 spiro atoms. The summed E-state index contributed by atoms with van der Waals surface area (Å²) in [5.41, 5.74) is 3.87. The number of rotatable bonds is 9. The van der Waals surface area contributed by atoms with Crippen molar-refractivity contribution < 1.29 is 14.3 Å². The van der Waals surface area contributed by atoms with Crippen molar-refractivity contribution in [2.75, 3.05) is 25.2 Å². The molecule has 0 aliphatic carbocycles. The van der Waals surface area contributed by atoms with Crippen LogP contribution in [0.5, 0.6) is 5.75 Å². The quantitative estimate of drug-likeness (QED) is 0.316. The average Bonchev–Trinajstić information content (AvgIpc) is 3.37. The number of methoxy groups -OCH3 is 1. The zero-order valence-electron chi connectivity index (χ0n) is 21.3. The van der Waals surface area contributed by atoms with Gasteiger partial charge in [-0.2, -0.15) is 0 Å². The van der Waals surface area contributed by atoms with E-state index in [-0.39, 0.29) is 5.97 Å². The van der Waals surface area contributed by atoms with Gasteiger partial charge in [0.15, 0.2) is 0 Å². The summed E-state index contributed by atoms with van der Waals surface area (Å²) in [4.78, 5) is 16.2. The van der Waals surface area contributed by atoms with Crippen molar-refractivity contribution in [2.45, 2.75) is 38.3 Å². The Morgan fingerprint density at radius 2 is 1.68 bits per heavy atom. The maximum atomic E-state index is 14.0. The van der Waals surface area contributed by atoms with Crippen molar-refractivity contribution >= 4 is 11.7 Å². The minimum absolute atomic E-state index is 0.249. The van der Waals surface area contributed by atoms with Crippen LogP contribution in [0.25, 0.3) is 0 Å². The van der Waals surface area contributed by atoms with Crippen molar-refractivity contribution in [2.24, 2.45) is 0 Å². The smallest absolute Gasteiger partial charge is 0.320 e. The van der Waals surface area contributed by atoms with Gasteiger partial charge in [-0.3, -0.25) is 4.79 Å². The average molecular weight is 497 g/mol. The molecule has 37 heavy (non-hydrogen) atoms. The fraction of sp³-hybridized carbons (Fsp3) is 0.300. The molecule has 1 unspecified atom stereocenters. The first kappa shape index (κ1) is 24.6. The van der Waals surface area contributed by atoms with Crippen molar-refractivity contribution in [1.82, 2.24) is 15.0 Å². The summed E-state index contributed by atoms with van der Waals surface area (Å²) >= 11 is 0. The molecule has 0 radical (unpaired) electrons. The third-order valence-electron chi connectivity index (χ3n) is 6.98. The lowest BCUT2D eigenvalue weighted by atomic mass is 9.74. The Bertz CT molecular complexity index is 1340. The fourth-order valence-electron chi connectivity index (χ4n) is 5.32. The number of fused-ring (bicyclic) bond motifs is 1. The molecule has 3 aromatic carbocycles. The van der Waals surface area contributed by atoms with Gasteiger partial charge < -0.3 is 14.4 Å². The van der Waals surface area contributed by atoms with Gasteiger partial charge in [-0.1, -0.05) is 71.9 Å².